The lowest BCUT2D eigenvalue weighted by molar-refractivity contribution is -0.233. The summed E-state index contributed by atoms with van der Waals surface area (Å²) >= 11 is 0. The summed E-state index contributed by atoms with van der Waals surface area (Å²) in [5.41, 5.74) is -1.12. The zero-order chi connectivity index (χ0) is 17.2. The van der Waals surface area contributed by atoms with Crippen molar-refractivity contribution < 1.29 is 26.7 Å². The first-order valence-electron chi connectivity index (χ1n) is 7.01. The highest BCUT2D eigenvalue weighted by molar-refractivity contribution is 5.66. The molecular formula is C17H15F5O. The fourth-order valence-electron chi connectivity index (χ4n) is 2.35. The Balaban J connectivity index is 2.50. The van der Waals surface area contributed by atoms with E-state index in [2.05, 4.69) is 4.74 Å². The molecule has 0 N–H and O–H groups in total. The van der Waals surface area contributed by atoms with Crippen molar-refractivity contribution in [3.05, 3.63) is 58.9 Å². The molecule has 1 nitrogen and oxygen atoms in total. The van der Waals surface area contributed by atoms with E-state index in [1.807, 2.05) is 6.92 Å². The summed E-state index contributed by atoms with van der Waals surface area (Å²) < 4.78 is 72.8. The minimum Gasteiger partial charge on any atom is -0.320 e. The topological polar surface area (TPSA) is 9.23 Å². The lowest BCUT2D eigenvalue weighted by Crippen LogP contribution is -2.17. The minimum absolute atomic E-state index is 0.156. The van der Waals surface area contributed by atoms with Crippen molar-refractivity contribution in [2.75, 3.05) is 7.11 Å². The van der Waals surface area contributed by atoms with Crippen molar-refractivity contribution in [1.82, 2.24) is 0 Å². The number of methoxy groups -OCH3 is 1. The van der Waals surface area contributed by atoms with Crippen molar-refractivity contribution in [3.63, 3.8) is 0 Å². The predicted octanol–water partition coefficient (Wildman–Crippen LogP) is 5.42. The van der Waals surface area contributed by atoms with Crippen LogP contribution in [-0.4, -0.2) is 7.11 Å². The molecule has 0 spiro atoms. The van der Waals surface area contributed by atoms with E-state index in [1.165, 1.54) is 0 Å². The van der Waals surface area contributed by atoms with Gasteiger partial charge in [0.25, 0.3) is 0 Å². The minimum atomic E-state index is -3.81. The van der Waals surface area contributed by atoms with Gasteiger partial charge in [0.15, 0.2) is 0 Å². The van der Waals surface area contributed by atoms with Crippen molar-refractivity contribution >= 4 is 0 Å². The predicted molar refractivity (Wildman–Crippen MR) is 76.7 cm³/mol. The number of aryl methyl sites for hydroxylation is 1. The third-order valence-electron chi connectivity index (χ3n) is 3.47. The molecule has 2 rings (SSSR count). The Morgan fingerprint density at radius 1 is 0.957 bits per heavy atom. The maximum Gasteiger partial charge on any atom is 0.385 e. The molecule has 6 heteroatoms. The molecule has 0 amide bonds. The zero-order valence-corrected chi connectivity index (χ0v) is 12.6. The van der Waals surface area contributed by atoms with Crippen molar-refractivity contribution in [2.24, 2.45) is 0 Å². The van der Waals surface area contributed by atoms with Gasteiger partial charge in [-0.3, -0.25) is 0 Å². The van der Waals surface area contributed by atoms with Gasteiger partial charge in [0.1, 0.15) is 17.5 Å². The first kappa shape index (κ1) is 17.4. The monoisotopic (exact) mass is 330 g/mol. The molecule has 2 aromatic rings. The van der Waals surface area contributed by atoms with Crippen LogP contribution in [0.25, 0.3) is 11.1 Å². The van der Waals surface area contributed by atoms with Gasteiger partial charge in [0, 0.05) is 7.11 Å². The molecule has 0 aliphatic carbocycles. The first-order chi connectivity index (χ1) is 10.8. The highest BCUT2D eigenvalue weighted by Crippen LogP contribution is 2.34. The Bertz CT molecular complexity index is 689. The standard InChI is InChI=1S/C17H15F5O/c1-3-4-10-7-14(19)16(15(20)8-10)11-5-6-12(13(18)9-11)17(21,22)23-2/h5-9H,3-4H2,1-2H3. The molecule has 2 aromatic carbocycles. The molecule has 0 aromatic heterocycles. The summed E-state index contributed by atoms with van der Waals surface area (Å²) in [5, 5.41) is 0. The first-order valence-corrected chi connectivity index (χ1v) is 7.01. The average molecular weight is 330 g/mol. The number of hydrogen-bond acceptors (Lipinski definition) is 1. The molecule has 0 fully saturated rings. The molecule has 0 aliphatic heterocycles. The van der Waals surface area contributed by atoms with E-state index < -0.39 is 34.7 Å². The quantitative estimate of drug-likeness (QED) is 0.665. The summed E-state index contributed by atoms with van der Waals surface area (Å²) in [7, 11) is 0.735. The van der Waals surface area contributed by atoms with Crippen LogP contribution in [0.1, 0.15) is 24.5 Å². The molecule has 0 bridgehead atoms. The van der Waals surface area contributed by atoms with Gasteiger partial charge < -0.3 is 4.74 Å². The molecular weight excluding hydrogens is 315 g/mol. The summed E-state index contributed by atoms with van der Waals surface area (Å²) in [6.45, 7) is 1.87. The Morgan fingerprint density at radius 2 is 1.57 bits per heavy atom. The highest BCUT2D eigenvalue weighted by Gasteiger charge is 2.34. The molecule has 0 radical (unpaired) electrons. The maximum atomic E-state index is 14.1. The number of rotatable bonds is 5. The third kappa shape index (κ3) is 3.52. The number of halogens is 5. The highest BCUT2D eigenvalue weighted by atomic mass is 19.3. The van der Waals surface area contributed by atoms with Crippen LogP contribution in [0.15, 0.2) is 30.3 Å². The Kier molecular flexibility index (Phi) is 5.04. The van der Waals surface area contributed by atoms with E-state index in [4.69, 9.17) is 0 Å². The second-order valence-corrected chi connectivity index (χ2v) is 5.10. The van der Waals surface area contributed by atoms with Crippen molar-refractivity contribution in [3.8, 4) is 11.1 Å². The molecule has 0 atom stereocenters. The molecule has 23 heavy (non-hydrogen) atoms. The Labute approximate surface area is 130 Å². The van der Waals surface area contributed by atoms with Crippen LogP contribution in [0.2, 0.25) is 0 Å². The molecule has 124 valence electrons. The third-order valence-corrected chi connectivity index (χ3v) is 3.47. The second kappa shape index (κ2) is 6.66. The largest absolute Gasteiger partial charge is 0.385 e. The van der Waals surface area contributed by atoms with E-state index in [0.29, 0.717) is 24.5 Å². The van der Waals surface area contributed by atoms with Gasteiger partial charge >= 0.3 is 6.11 Å². The fraction of sp³-hybridized carbons (Fsp3) is 0.294. The zero-order valence-electron chi connectivity index (χ0n) is 12.6. The number of hydrogen-bond donors (Lipinski definition) is 0. The van der Waals surface area contributed by atoms with Crippen LogP contribution in [-0.2, 0) is 17.3 Å². The summed E-state index contributed by atoms with van der Waals surface area (Å²) in [5.74, 6) is -3.02. The number of ether oxygens (including phenoxy) is 1. The van der Waals surface area contributed by atoms with Crippen LogP contribution < -0.4 is 0 Å². The van der Waals surface area contributed by atoms with Crippen LogP contribution in [0.5, 0.6) is 0 Å². The fourth-order valence-corrected chi connectivity index (χ4v) is 2.35. The lowest BCUT2D eigenvalue weighted by atomic mass is 9.99. The van der Waals surface area contributed by atoms with Gasteiger partial charge in [-0.15, -0.1) is 0 Å². The van der Waals surface area contributed by atoms with Gasteiger partial charge in [-0.05, 0) is 41.8 Å². The Morgan fingerprint density at radius 3 is 2.04 bits per heavy atom. The smallest absolute Gasteiger partial charge is 0.320 e. The number of alkyl halides is 2. The van der Waals surface area contributed by atoms with Crippen molar-refractivity contribution in [2.45, 2.75) is 25.9 Å². The van der Waals surface area contributed by atoms with Crippen LogP contribution in [0.4, 0.5) is 22.0 Å². The maximum absolute atomic E-state index is 14.1. The SMILES string of the molecule is CCCc1cc(F)c(-c2ccc(C(F)(F)OC)c(F)c2)c(F)c1. The number of benzene rings is 2. The van der Waals surface area contributed by atoms with Crippen LogP contribution in [0.3, 0.4) is 0 Å². The summed E-state index contributed by atoms with van der Waals surface area (Å²) in [6.07, 6.45) is -2.60. The van der Waals surface area contributed by atoms with Crippen LogP contribution >= 0.6 is 0 Å². The van der Waals surface area contributed by atoms with E-state index in [0.717, 1.165) is 31.4 Å². The van der Waals surface area contributed by atoms with Gasteiger partial charge in [0.05, 0.1) is 11.1 Å². The van der Waals surface area contributed by atoms with E-state index in [-0.39, 0.29) is 5.56 Å². The molecule has 0 aliphatic rings. The average Bonchev–Trinajstić information content (AvgIpc) is 2.46. The molecule has 0 heterocycles. The van der Waals surface area contributed by atoms with E-state index >= 15 is 0 Å². The summed E-state index contributed by atoms with van der Waals surface area (Å²) in [6, 6.07) is 4.79. The Hall–Kier alpha value is -1.95. The van der Waals surface area contributed by atoms with Gasteiger partial charge in [-0.25, -0.2) is 13.2 Å². The summed E-state index contributed by atoms with van der Waals surface area (Å²) in [4.78, 5) is 0. The van der Waals surface area contributed by atoms with Gasteiger partial charge in [-0.2, -0.15) is 8.78 Å². The van der Waals surface area contributed by atoms with E-state index in [1.54, 1.807) is 0 Å². The normalized spacial score (nSPS) is 11.8. The van der Waals surface area contributed by atoms with Gasteiger partial charge in [-0.1, -0.05) is 19.4 Å². The molecule has 0 unspecified atom stereocenters. The molecule has 0 saturated heterocycles. The second-order valence-electron chi connectivity index (χ2n) is 5.10. The van der Waals surface area contributed by atoms with E-state index in [9.17, 15) is 22.0 Å². The molecule has 0 saturated carbocycles. The van der Waals surface area contributed by atoms with Crippen molar-refractivity contribution in [1.29, 1.82) is 0 Å². The lowest BCUT2D eigenvalue weighted by Gasteiger charge is -2.16. The van der Waals surface area contributed by atoms with Gasteiger partial charge in [0.2, 0.25) is 0 Å². The van der Waals surface area contributed by atoms with Crippen LogP contribution in [0, 0.1) is 17.5 Å².